The normalized spacial score (nSPS) is 16.9. The van der Waals surface area contributed by atoms with Crippen LogP contribution >= 0.6 is 0 Å². The van der Waals surface area contributed by atoms with Crippen molar-refractivity contribution in [3.63, 3.8) is 0 Å². The highest BCUT2D eigenvalue weighted by atomic mass is 16.1. The molecule has 1 aromatic carbocycles. The minimum absolute atomic E-state index is 0.101. The summed E-state index contributed by atoms with van der Waals surface area (Å²) in [5, 5.41) is 3.36. The van der Waals surface area contributed by atoms with Gasteiger partial charge in [0, 0.05) is 17.8 Å². The van der Waals surface area contributed by atoms with Crippen LogP contribution in [0.15, 0.2) is 24.3 Å². The van der Waals surface area contributed by atoms with Gasteiger partial charge in [-0.15, -0.1) is 0 Å². The van der Waals surface area contributed by atoms with Crippen molar-refractivity contribution in [2.75, 3.05) is 18.4 Å². The van der Waals surface area contributed by atoms with Crippen LogP contribution < -0.4 is 11.1 Å². The summed E-state index contributed by atoms with van der Waals surface area (Å²) in [7, 11) is 0. The molecule has 1 fully saturated rings. The summed E-state index contributed by atoms with van der Waals surface area (Å²) in [6.45, 7) is 3.23. The Kier molecular flexibility index (Phi) is 2.97. The van der Waals surface area contributed by atoms with Crippen molar-refractivity contribution in [1.82, 2.24) is 0 Å². The Morgan fingerprint density at radius 2 is 2.25 bits per heavy atom. The maximum absolute atomic E-state index is 11.2. The van der Waals surface area contributed by atoms with Crippen LogP contribution in [0.3, 0.4) is 0 Å². The van der Waals surface area contributed by atoms with Crippen molar-refractivity contribution in [2.45, 2.75) is 19.8 Å². The summed E-state index contributed by atoms with van der Waals surface area (Å²) in [5.41, 5.74) is 7.79. The van der Waals surface area contributed by atoms with Gasteiger partial charge >= 0.3 is 0 Å². The lowest BCUT2D eigenvalue weighted by molar-refractivity contribution is 0.101. The lowest BCUT2D eigenvalue weighted by atomic mass is 10.1. The van der Waals surface area contributed by atoms with E-state index < -0.39 is 0 Å². The van der Waals surface area contributed by atoms with Gasteiger partial charge in [-0.25, -0.2) is 0 Å². The first-order chi connectivity index (χ1) is 7.65. The second-order valence-corrected chi connectivity index (χ2v) is 4.69. The van der Waals surface area contributed by atoms with Crippen LogP contribution in [0, 0.1) is 5.41 Å². The Balaban J connectivity index is 1.99. The number of Topliss-reactive ketones (excluding diaryl/α,β-unsaturated/α-hetero) is 1. The first-order valence-electron chi connectivity index (χ1n) is 5.70. The Morgan fingerprint density at radius 3 is 2.81 bits per heavy atom. The maximum atomic E-state index is 11.2. The largest absolute Gasteiger partial charge is 0.384 e. The van der Waals surface area contributed by atoms with Crippen LogP contribution in [0.5, 0.6) is 0 Å². The summed E-state index contributed by atoms with van der Waals surface area (Å²) >= 11 is 0. The highest BCUT2D eigenvalue weighted by Gasteiger charge is 2.40. The molecule has 0 saturated heterocycles. The third kappa shape index (κ3) is 2.42. The molecular weight excluding hydrogens is 200 g/mol. The molecule has 0 atom stereocenters. The van der Waals surface area contributed by atoms with E-state index in [2.05, 4.69) is 5.32 Å². The molecule has 1 aliphatic rings. The van der Waals surface area contributed by atoms with Crippen LogP contribution in [0.2, 0.25) is 0 Å². The summed E-state index contributed by atoms with van der Waals surface area (Å²) in [5.74, 6) is 0.101. The van der Waals surface area contributed by atoms with Gasteiger partial charge in [-0.3, -0.25) is 4.79 Å². The van der Waals surface area contributed by atoms with Crippen molar-refractivity contribution in [3.8, 4) is 0 Å². The third-order valence-electron chi connectivity index (χ3n) is 3.33. The van der Waals surface area contributed by atoms with Crippen LogP contribution in [0.1, 0.15) is 30.1 Å². The van der Waals surface area contributed by atoms with Gasteiger partial charge in [-0.1, -0.05) is 12.1 Å². The number of nitrogens with two attached hydrogens (primary N) is 1. The molecule has 0 spiro atoms. The first kappa shape index (κ1) is 11.1. The Labute approximate surface area is 96.0 Å². The smallest absolute Gasteiger partial charge is 0.159 e. The SMILES string of the molecule is CC(=O)c1cccc(NCC2(CN)CC2)c1. The number of carbonyl (C=O) groups is 1. The Hall–Kier alpha value is -1.35. The van der Waals surface area contributed by atoms with Crippen molar-refractivity contribution >= 4 is 11.5 Å². The van der Waals surface area contributed by atoms with E-state index in [1.807, 2.05) is 24.3 Å². The molecule has 2 rings (SSSR count). The van der Waals surface area contributed by atoms with Crippen LogP contribution in [-0.4, -0.2) is 18.9 Å². The number of carbonyl (C=O) groups excluding carboxylic acids is 1. The molecule has 3 heteroatoms. The zero-order valence-corrected chi connectivity index (χ0v) is 9.62. The molecule has 3 nitrogen and oxygen atoms in total. The van der Waals surface area contributed by atoms with Crippen molar-refractivity contribution in [2.24, 2.45) is 11.1 Å². The van der Waals surface area contributed by atoms with E-state index in [9.17, 15) is 4.79 Å². The molecule has 0 unspecified atom stereocenters. The zero-order chi connectivity index (χ0) is 11.6. The molecular formula is C13H18N2O. The van der Waals surface area contributed by atoms with E-state index >= 15 is 0 Å². The quantitative estimate of drug-likeness (QED) is 0.744. The average Bonchev–Trinajstić information content (AvgIpc) is 3.07. The monoisotopic (exact) mass is 218 g/mol. The van der Waals surface area contributed by atoms with Gasteiger partial charge in [0.15, 0.2) is 5.78 Å². The molecule has 1 saturated carbocycles. The summed E-state index contributed by atoms with van der Waals surface area (Å²) in [4.78, 5) is 11.2. The lowest BCUT2D eigenvalue weighted by Crippen LogP contribution is -2.24. The van der Waals surface area contributed by atoms with Crippen LogP contribution in [0.4, 0.5) is 5.69 Å². The number of rotatable bonds is 5. The number of hydrogen-bond donors (Lipinski definition) is 2. The van der Waals surface area contributed by atoms with E-state index in [0.717, 1.165) is 24.3 Å². The number of anilines is 1. The third-order valence-corrected chi connectivity index (χ3v) is 3.33. The van der Waals surface area contributed by atoms with Crippen molar-refractivity contribution in [1.29, 1.82) is 0 Å². The van der Waals surface area contributed by atoms with Gasteiger partial charge in [0.25, 0.3) is 0 Å². The number of hydrogen-bond acceptors (Lipinski definition) is 3. The molecule has 86 valence electrons. The molecule has 0 heterocycles. The minimum Gasteiger partial charge on any atom is -0.384 e. The van der Waals surface area contributed by atoms with Crippen molar-refractivity contribution < 1.29 is 4.79 Å². The molecule has 3 N–H and O–H groups in total. The fraction of sp³-hybridized carbons (Fsp3) is 0.462. The van der Waals surface area contributed by atoms with Gasteiger partial charge in [-0.2, -0.15) is 0 Å². The summed E-state index contributed by atoms with van der Waals surface area (Å²) in [6, 6.07) is 7.62. The average molecular weight is 218 g/mol. The fourth-order valence-corrected chi connectivity index (χ4v) is 1.77. The lowest BCUT2D eigenvalue weighted by Gasteiger charge is -2.14. The van der Waals surface area contributed by atoms with E-state index in [1.54, 1.807) is 6.92 Å². The molecule has 0 radical (unpaired) electrons. The Morgan fingerprint density at radius 1 is 1.50 bits per heavy atom. The van der Waals surface area contributed by atoms with E-state index in [-0.39, 0.29) is 5.78 Å². The standard InChI is InChI=1S/C13H18N2O/c1-10(16)11-3-2-4-12(7-11)15-9-13(8-14)5-6-13/h2-4,7,15H,5-6,8-9,14H2,1H3. The van der Waals surface area contributed by atoms with Gasteiger partial charge < -0.3 is 11.1 Å². The topological polar surface area (TPSA) is 55.1 Å². The van der Waals surface area contributed by atoms with E-state index in [4.69, 9.17) is 5.73 Å². The van der Waals surface area contributed by atoms with Gasteiger partial charge in [0.2, 0.25) is 0 Å². The molecule has 1 aromatic rings. The minimum atomic E-state index is 0.101. The van der Waals surface area contributed by atoms with Crippen molar-refractivity contribution in [3.05, 3.63) is 29.8 Å². The van der Waals surface area contributed by atoms with E-state index in [1.165, 1.54) is 12.8 Å². The predicted molar refractivity (Wildman–Crippen MR) is 65.7 cm³/mol. The second-order valence-electron chi connectivity index (χ2n) is 4.69. The highest BCUT2D eigenvalue weighted by Crippen LogP contribution is 2.44. The predicted octanol–water partition coefficient (Wildman–Crippen LogP) is 2.04. The molecule has 0 amide bonds. The summed E-state index contributed by atoms with van der Waals surface area (Å²) < 4.78 is 0. The fourth-order valence-electron chi connectivity index (χ4n) is 1.77. The molecule has 0 aliphatic heterocycles. The number of benzene rings is 1. The van der Waals surface area contributed by atoms with Gasteiger partial charge in [0.05, 0.1) is 0 Å². The Bertz CT molecular complexity index is 397. The second kappa shape index (κ2) is 4.26. The van der Waals surface area contributed by atoms with Crippen LogP contribution in [-0.2, 0) is 0 Å². The van der Waals surface area contributed by atoms with E-state index in [0.29, 0.717) is 5.41 Å². The maximum Gasteiger partial charge on any atom is 0.159 e. The van der Waals surface area contributed by atoms with Gasteiger partial charge in [-0.05, 0) is 43.9 Å². The first-order valence-corrected chi connectivity index (χ1v) is 5.70. The summed E-state index contributed by atoms with van der Waals surface area (Å²) in [6.07, 6.45) is 2.42. The molecule has 1 aliphatic carbocycles. The molecule has 0 bridgehead atoms. The molecule has 0 aromatic heterocycles. The van der Waals surface area contributed by atoms with Gasteiger partial charge in [0.1, 0.15) is 0 Å². The number of nitrogens with one attached hydrogen (secondary N) is 1. The molecule has 16 heavy (non-hydrogen) atoms. The zero-order valence-electron chi connectivity index (χ0n) is 9.62. The van der Waals surface area contributed by atoms with Crippen LogP contribution in [0.25, 0.3) is 0 Å². The number of ketones is 1. The highest BCUT2D eigenvalue weighted by molar-refractivity contribution is 5.94.